The zero-order valence-electron chi connectivity index (χ0n) is 22.3. The number of hydrogen-bond acceptors (Lipinski definition) is 5. The Kier molecular flexibility index (Phi) is 11.2. The van der Waals surface area contributed by atoms with Crippen molar-refractivity contribution in [3.63, 3.8) is 0 Å². The number of nitrogens with one attached hydrogen (secondary N) is 1. The molecule has 39 heavy (non-hydrogen) atoms. The standard InChI is InChI=1S/C27H34Cl3N3O5S/c1-4-24(27(35)31-19-10-6-5-7-11-19)32(16-18-9-8-12-20(13-18)38-2)26(34)17-33(39(3,36)37)25-15-22(29)21(28)14-23(25)30/h8-9,12-15,19,24H,4-7,10-11,16-17H2,1-3H3,(H,31,35)/t24-/m0/s1. The van der Waals surface area contributed by atoms with Crippen LogP contribution >= 0.6 is 34.8 Å². The van der Waals surface area contributed by atoms with Gasteiger partial charge in [0.15, 0.2) is 0 Å². The third-order valence-electron chi connectivity index (χ3n) is 6.76. The fourth-order valence-electron chi connectivity index (χ4n) is 4.73. The molecule has 8 nitrogen and oxygen atoms in total. The zero-order valence-corrected chi connectivity index (χ0v) is 25.3. The topological polar surface area (TPSA) is 96.0 Å². The summed E-state index contributed by atoms with van der Waals surface area (Å²) in [5, 5.41) is 3.36. The van der Waals surface area contributed by atoms with Gasteiger partial charge in [-0.15, -0.1) is 0 Å². The van der Waals surface area contributed by atoms with Crippen LogP contribution in [0.4, 0.5) is 5.69 Å². The van der Waals surface area contributed by atoms with E-state index in [1.165, 1.54) is 17.0 Å². The quantitative estimate of drug-likeness (QED) is 0.327. The van der Waals surface area contributed by atoms with E-state index in [4.69, 9.17) is 39.5 Å². The van der Waals surface area contributed by atoms with E-state index in [9.17, 15) is 18.0 Å². The minimum Gasteiger partial charge on any atom is -0.497 e. The molecule has 0 aliphatic heterocycles. The summed E-state index contributed by atoms with van der Waals surface area (Å²) < 4.78 is 31.9. The number of sulfonamides is 1. The van der Waals surface area contributed by atoms with Gasteiger partial charge in [0.25, 0.3) is 0 Å². The molecule has 0 unspecified atom stereocenters. The van der Waals surface area contributed by atoms with Gasteiger partial charge in [0.05, 0.1) is 34.1 Å². The molecule has 1 fully saturated rings. The number of nitrogens with zero attached hydrogens (tertiary/aromatic N) is 2. The van der Waals surface area contributed by atoms with Crippen molar-refractivity contribution in [1.29, 1.82) is 0 Å². The van der Waals surface area contributed by atoms with Crippen LogP contribution in [0.5, 0.6) is 5.75 Å². The normalized spacial score (nSPS) is 14.9. The van der Waals surface area contributed by atoms with Gasteiger partial charge >= 0.3 is 0 Å². The number of carbonyl (C=O) groups excluding carboxylic acids is 2. The highest BCUT2D eigenvalue weighted by Crippen LogP contribution is 2.35. The number of halogens is 3. The maximum absolute atomic E-state index is 13.9. The Labute approximate surface area is 245 Å². The number of methoxy groups -OCH3 is 1. The van der Waals surface area contributed by atoms with Crippen molar-refractivity contribution >= 4 is 62.3 Å². The Morgan fingerprint density at radius 1 is 1.05 bits per heavy atom. The van der Waals surface area contributed by atoms with Crippen LogP contribution in [-0.4, -0.2) is 57.1 Å². The summed E-state index contributed by atoms with van der Waals surface area (Å²) in [6.07, 6.45) is 6.32. The molecular weight excluding hydrogens is 585 g/mol. The maximum atomic E-state index is 13.9. The molecule has 0 aromatic heterocycles. The molecule has 0 saturated heterocycles. The second-order valence-electron chi connectivity index (χ2n) is 9.63. The molecule has 1 aliphatic carbocycles. The largest absolute Gasteiger partial charge is 0.497 e. The lowest BCUT2D eigenvalue weighted by molar-refractivity contribution is -0.140. The Morgan fingerprint density at radius 2 is 1.72 bits per heavy atom. The van der Waals surface area contributed by atoms with Crippen LogP contribution < -0.4 is 14.4 Å². The third-order valence-corrected chi connectivity index (χ3v) is 8.91. The first-order valence-electron chi connectivity index (χ1n) is 12.8. The number of benzene rings is 2. The Morgan fingerprint density at radius 3 is 2.33 bits per heavy atom. The minimum atomic E-state index is -3.98. The predicted molar refractivity (Wildman–Crippen MR) is 156 cm³/mol. The maximum Gasteiger partial charge on any atom is 0.244 e. The molecule has 1 atom stereocenters. The monoisotopic (exact) mass is 617 g/mol. The summed E-state index contributed by atoms with van der Waals surface area (Å²) in [6, 6.07) is 9.02. The summed E-state index contributed by atoms with van der Waals surface area (Å²) in [5.41, 5.74) is 0.744. The lowest BCUT2D eigenvalue weighted by Crippen LogP contribution is -2.54. The van der Waals surface area contributed by atoms with Crippen molar-refractivity contribution in [2.75, 3.05) is 24.2 Å². The van der Waals surface area contributed by atoms with E-state index in [1.807, 2.05) is 13.0 Å². The summed E-state index contributed by atoms with van der Waals surface area (Å²) in [7, 11) is -2.44. The van der Waals surface area contributed by atoms with Gasteiger partial charge in [-0.2, -0.15) is 0 Å². The smallest absolute Gasteiger partial charge is 0.244 e. The number of ether oxygens (including phenoxy) is 1. The first-order valence-corrected chi connectivity index (χ1v) is 15.8. The third kappa shape index (κ3) is 8.39. The Bertz CT molecular complexity index is 1290. The van der Waals surface area contributed by atoms with E-state index in [1.54, 1.807) is 25.3 Å². The highest BCUT2D eigenvalue weighted by atomic mass is 35.5. The molecule has 0 heterocycles. The van der Waals surface area contributed by atoms with Crippen LogP contribution in [0.15, 0.2) is 36.4 Å². The lowest BCUT2D eigenvalue weighted by atomic mass is 9.95. The first kappa shape index (κ1) is 31.3. The van der Waals surface area contributed by atoms with Crippen LogP contribution in [0, 0.1) is 0 Å². The highest BCUT2D eigenvalue weighted by molar-refractivity contribution is 7.92. The molecule has 214 valence electrons. The molecule has 12 heteroatoms. The van der Waals surface area contributed by atoms with Crippen LogP contribution in [-0.2, 0) is 26.2 Å². The summed E-state index contributed by atoms with van der Waals surface area (Å²) in [4.78, 5) is 28.8. The molecule has 2 aromatic rings. The molecule has 0 spiro atoms. The van der Waals surface area contributed by atoms with Crippen LogP contribution in [0.25, 0.3) is 0 Å². The number of carbonyl (C=O) groups is 2. The summed E-state index contributed by atoms with van der Waals surface area (Å²) in [5.74, 6) is -0.241. The number of anilines is 1. The van der Waals surface area contributed by atoms with E-state index in [2.05, 4.69) is 5.32 Å². The van der Waals surface area contributed by atoms with Crippen molar-refractivity contribution in [3.05, 3.63) is 57.0 Å². The highest BCUT2D eigenvalue weighted by Gasteiger charge is 2.33. The van der Waals surface area contributed by atoms with Crippen molar-refractivity contribution in [2.24, 2.45) is 0 Å². The van der Waals surface area contributed by atoms with Gasteiger partial charge in [0, 0.05) is 12.6 Å². The first-order chi connectivity index (χ1) is 18.4. The van der Waals surface area contributed by atoms with E-state index in [0.717, 1.165) is 48.2 Å². The molecule has 0 radical (unpaired) electrons. The van der Waals surface area contributed by atoms with Gasteiger partial charge in [-0.1, -0.05) is 73.1 Å². The number of amides is 2. The van der Waals surface area contributed by atoms with Gasteiger partial charge in [-0.05, 0) is 49.1 Å². The Hall–Kier alpha value is -2.20. The van der Waals surface area contributed by atoms with E-state index < -0.39 is 28.5 Å². The van der Waals surface area contributed by atoms with Crippen molar-refractivity contribution in [2.45, 2.75) is 64.1 Å². The molecule has 1 N–H and O–H groups in total. The molecule has 2 amide bonds. The summed E-state index contributed by atoms with van der Waals surface area (Å²) in [6.45, 7) is 1.30. The van der Waals surface area contributed by atoms with Gasteiger partial charge in [0.1, 0.15) is 18.3 Å². The zero-order chi connectivity index (χ0) is 28.7. The van der Waals surface area contributed by atoms with Crippen molar-refractivity contribution in [1.82, 2.24) is 10.2 Å². The molecule has 3 rings (SSSR count). The molecule has 1 aliphatic rings. The molecular formula is C27H34Cl3N3O5S. The fraction of sp³-hybridized carbons (Fsp3) is 0.481. The van der Waals surface area contributed by atoms with Gasteiger partial charge in [-0.25, -0.2) is 8.42 Å². The summed E-state index contributed by atoms with van der Waals surface area (Å²) >= 11 is 18.5. The van der Waals surface area contributed by atoms with E-state index in [-0.39, 0.29) is 39.2 Å². The van der Waals surface area contributed by atoms with Crippen LogP contribution in [0.2, 0.25) is 15.1 Å². The van der Waals surface area contributed by atoms with Gasteiger partial charge in [0.2, 0.25) is 21.8 Å². The van der Waals surface area contributed by atoms with Gasteiger partial charge < -0.3 is 15.0 Å². The van der Waals surface area contributed by atoms with Crippen LogP contribution in [0.1, 0.15) is 51.0 Å². The second kappa shape index (κ2) is 13.9. The van der Waals surface area contributed by atoms with Crippen LogP contribution in [0.3, 0.4) is 0 Å². The van der Waals surface area contributed by atoms with E-state index in [0.29, 0.717) is 12.2 Å². The van der Waals surface area contributed by atoms with E-state index >= 15 is 0 Å². The molecule has 1 saturated carbocycles. The molecule has 0 bridgehead atoms. The second-order valence-corrected chi connectivity index (χ2v) is 12.8. The average molecular weight is 619 g/mol. The SMILES string of the molecule is CC[C@@H](C(=O)NC1CCCCC1)N(Cc1cccc(OC)c1)C(=O)CN(c1cc(Cl)c(Cl)cc1Cl)S(C)(=O)=O. The van der Waals surface area contributed by atoms with Crippen molar-refractivity contribution < 1.29 is 22.7 Å². The lowest BCUT2D eigenvalue weighted by Gasteiger charge is -2.34. The predicted octanol–water partition coefficient (Wildman–Crippen LogP) is 5.68. The average Bonchev–Trinajstić information content (AvgIpc) is 2.89. The number of hydrogen-bond donors (Lipinski definition) is 1. The molecule has 2 aromatic carbocycles. The van der Waals surface area contributed by atoms with Gasteiger partial charge in [-0.3, -0.25) is 13.9 Å². The fourth-order valence-corrected chi connectivity index (χ4v) is 6.28. The minimum absolute atomic E-state index is 0.0166. The Balaban J connectivity index is 1.97. The number of rotatable bonds is 11. The van der Waals surface area contributed by atoms with Crippen molar-refractivity contribution in [3.8, 4) is 5.75 Å².